The molecule has 3 heteroatoms. The Labute approximate surface area is 265 Å². The molecule has 3 heterocycles. The summed E-state index contributed by atoms with van der Waals surface area (Å²) >= 11 is 1.87. The molecule has 0 unspecified atom stereocenters. The van der Waals surface area contributed by atoms with E-state index in [4.69, 9.17) is 4.98 Å². The van der Waals surface area contributed by atoms with E-state index in [2.05, 4.69) is 151 Å². The first kappa shape index (κ1) is 26.2. The Bertz CT molecular complexity index is 2570. The van der Waals surface area contributed by atoms with Crippen molar-refractivity contribution in [1.82, 2.24) is 9.38 Å². The topological polar surface area (TPSA) is 17.3 Å². The number of fused-ring (bicyclic) bond motifs is 8. The molecule has 0 radical (unpaired) electrons. The third-order valence-electron chi connectivity index (χ3n) is 9.28. The summed E-state index contributed by atoms with van der Waals surface area (Å²) < 4.78 is 5.05. The van der Waals surface area contributed by atoms with Gasteiger partial charge in [0.25, 0.3) is 0 Å². The molecule has 2 nitrogen and oxygen atoms in total. The molecule has 0 aliphatic heterocycles. The molecule has 9 rings (SSSR count). The fourth-order valence-electron chi connectivity index (χ4n) is 7.01. The average molecular weight is 595 g/mol. The van der Waals surface area contributed by atoms with E-state index in [-0.39, 0.29) is 0 Å². The largest absolute Gasteiger partial charge is 0.296 e. The monoisotopic (exact) mass is 594 g/mol. The summed E-state index contributed by atoms with van der Waals surface area (Å²) in [4.78, 5) is 5.07. The second-order valence-electron chi connectivity index (χ2n) is 12.0. The Morgan fingerprint density at radius 3 is 2.27 bits per heavy atom. The molecular weight excluding hydrogens is 565 g/mol. The SMILES string of the molecule is Cc1ccc(-c2ccc3sc4ccccc4c3c2)cc1-c1ccccc1CCc1cc2ccccc2c2nc3ccccc3n12. The van der Waals surface area contributed by atoms with Gasteiger partial charge in [0.1, 0.15) is 5.65 Å². The Balaban J connectivity index is 1.12. The average Bonchev–Trinajstić information content (AvgIpc) is 3.67. The van der Waals surface area contributed by atoms with Crippen LogP contribution in [0.4, 0.5) is 0 Å². The van der Waals surface area contributed by atoms with Crippen molar-refractivity contribution in [1.29, 1.82) is 0 Å². The molecule has 45 heavy (non-hydrogen) atoms. The zero-order valence-electron chi connectivity index (χ0n) is 25.0. The van der Waals surface area contributed by atoms with Gasteiger partial charge in [0, 0.05) is 31.3 Å². The third-order valence-corrected chi connectivity index (χ3v) is 10.4. The zero-order valence-corrected chi connectivity index (χ0v) is 25.8. The van der Waals surface area contributed by atoms with E-state index < -0.39 is 0 Å². The predicted molar refractivity (Wildman–Crippen MR) is 193 cm³/mol. The first-order valence-corrected chi connectivity index (χ1v) is 16.4. The van der Waals surface area contributed by atoms with Crippen LogP contribution in [-0.4, -0.2) is 9.38 Å². The lowest BCUT2D eigenvalue weighted by Crippen LogP contribution is -2.02. The Hall–Kier alpha value is -5.25. The highest BCUT2D eigenvalue weighted by molar-refractivity contribution is 7.25. The number of pyridine rings is 1. The Morgan fingerprint density at radius 2 is 1.31 bits per heavy atom. The minimum atomic E-state index is 0.916. The van der Waals surface area contributed by atoms with Crippen molar-refractivity contribution < 1.29 is 0 Å². The molecule has 0 bridgehead atoms. The number of rotatable bonds is 5. The number of hydrogen-bond acceptors (Lipinski definition) is 2. The lowest BCUT2D eigenvalue weighted by molar-refractivity contribution is 0.902. The number of para-hydroxylation sites is 2. The predicted octanol–water partition coefficient (Wildman–Crippen LogP) is 11.4. The van der Waals surface area contributed by atoms with Gasteiger partial charge in [-0.25, -0.2) is 4.98 Å². The number of aryl methyl sites for hydroxylation is 3. The van der Waals surface area contributed by atoms with E-state index >= 15 is 0 Å². The van der Waals surface area contributed by atoms with Crippen LogP contribution in [0.1, 0.15) is 16.8 Å². The van der Waals surface area contributed by atoms with Crippen LogP contribution in [0.2, 0.25) is 0 Å². The van der Waals surface area contributed by atoms with Crippen LogP contribution in [0.3, 0.4) is 0 Å². The van der Waals surface area contributed by atoms with E-state index in [9.17, 15) is 0 Å². The lowest BCUT2D eigenvalue weighted by atomic mass is 9.90. The first-order chi connectivity index (χ1) is 22.2. The maximum absolute atomic E-state index is 5.07. The molecule has 3 aromatic heterocycles. The Morgan fingerprint density at radius 1 is 0.578 bits per heavy atom. The summed E-state index contributed by atoms with van der Waals surface area (Å²) in [6, 6.07) is 51.0. The van der Waals surface area contributed by atoms with E-state index in [0.29, 0.717) is 0 Å². The van der Waals surface area contributed by atoms with Gasteiger partial charge in [-0.1, -0.05) is 97.1 Å². The summed E-state index contributed by atoms with van der Waals surface area (Å²) in [6.07, 6.45) is 1.85. The lowest BCUT2D eigenvalue weighted by Gasteiger charge is -2.15. The highest BCUT2D eigenvalue weighted by Gasteiger charge is 2.15. The van der Waals surface area contributed by atoms with Crippen molar-refractivity contribution in [3.05, 3.63) is 156 Å². The highest BCUT2D eigenvalue weighted by Crippen LogP contribution is 2.38. The molecule has 214 valence electrons. The summed E-state index contributed by atoms with van der Waals surface area (Å²) in [7, 11) is 0. The van der Waals surface area contributed by atoms with Crippen molar-refractivity contribution in [2.24, 2.45) is 0 Å². The van der Waals surface area contributed by atoms with Crippen LogP contribution in [0, 0.1) is 6.92 Å². The second-order valence-corrected chi connectivity index (χ2v) is 13.1. The normalized spacial score (nSPS) is 11.8. The van der Waals surface area contributed by atoms with Crippen molar-refractivity contribution in [2.45, 2.75) is 19.8 Å². The fraction of sp³-hybridized carbons (Fsp3) is 0.0714. The van der Waals surface area contributed by atoms with Gasteiger partial charge in [0.15, 0.2) is 0 Å². The van der Waals surface area contributed by atoms with E-state index in [0.717, 1.165) is 24.0 Å². The van der Waals surface area contributed by atoms with Gasteiger partial charge in [-0.15, -0.1) is 11.3 Å². The third kappa shape index (κ3) is 4.34. The number of nitrogens with zero attached hydrogens (tertiary/aromatic N) is 2. The molecule has 0 spiro atoms. The number of imidazole rings is 1. The van der Waals surface area contributed by atoms with Crippen molar-refractivity contribution in [3.8, 4) is 22.3 Å². The molecule has 0 saturated heterocycles. The minimum Gasteiger partial charge on any atom is -0.296 e. The van der Waals surface area contributed by atoms with Crippen molar-refractivity contribution >= 4 is 59.0 Å². The van der Waals surface area contributed by atoms with E-state index in [1.54, 1.807) is 0 Å². The molecule has 0 N–H and O–H groups in total. The summed E-state index contributed by atoms with van der Waals surface area (Å²) in [6.45, 7) is 2.23. The van der Waals surface area contributed by atoms with Gasteiger partial charge in [0.05, 0.1) is 11.0 Å². The van der Waals surface area contributed by atoms with Crippen LogP contribution >= 0.6 is 11.3 Å². The van der Waals surface area contributed by atoms with Gasteiger partial charge in [-0.05, 0) is 101 Å². The van der Waals surface area contributed by atoms with Crippen LogP contribution in [0.15, 0.2) is 140 Å². The van der Waals surface area contributed by atoms with Crippen molar-refractivity contribution in [3.63, 3.8) is 0 Å². The van der Waals surface area contributed by atoms with Crippen LogP contribution in [0.25, 0.3) is 69.9 Å². The molecule has 0 aliphatic carbocycles. The number of benzene rings is 6. The summed E-state index contributed by atoms with van der Waals surface area (Å²) in [5.41, 5.74) is 12.3. The van der Waals surface area contributed by atoms with Gasteiger partial charge in [-0.2, -0.15) is 0 Å². The van der Waals surface area contributed by atoms with Gasteiger partial charge in [0.2, 0.25) is 0 Å². The molecule has 6 aromatic carbocycles. The van der Waals surface area contributed by atoms with Crippen LogP contribution in [-0.2, 0) is 12.8 Å². The standard InChI is InChI=1S/C42H30N2S/c1-27-18-19-29(30-21-23-41-37(26-30)35-14-6-9-17-40(35)45-41)25-36(27)33-12-4-2-10-28(33)20-22-32-24-31-11-3-5-13-34(31)42-43-38-15-7-8-16-39(38)44(32)42/h2-19,21,23-26H,20,22H2,1H3. The van der Waals surface area contributed by atoms with E-state index in [1.165, 1.54) is 75.5 Å². The first-order valence-electron chi connectivity index (χ1n) is 15.6. The fourth-order valence-corrected chi connectivity index (χ4v) is 8.10. The van der Waals surface area contributed by atoms with Crippen LogP contribution < -0.4 is 0 Å². The summed E-state index contributed by atoms with van der Waals surface area (Å²) in [5, 5.41) is 5.11. The molecule has 9 aromatic rings. The second kappa shape index (κ2) is 10.4. The summed E-state index contributed by atoms with van der Waals surface area (Å²) in [5.74, 6) is 0. The zero-order chi connectivity index (χ0) is 29.9. The van der Waals surface area contributed by atoms with Gasteiger partial charge >= 0.3 is 0 Å². The molecule has 0 atom stereocenters. The minimum absolute atomic E-state index is 0.916. The van der Waals surface area contributed by atoms with Gasteiger partial charge in [-0.3, -0.25) is 4.40 Å². The maximum atomic E-state index is 5.07. The molecule has 0 saturated carbocycles. The molecule has 0 aliphatic rings. The smallest absolute Gasteiger partial charge is 0.146 e. The molecule has 0 amide bonds. The van der Waals surface area contributed by atoms with Crippen molar-refractivity contribution in [2.75, 3.05) is 0 Å². The number of hydrogen-bond donors (Lipinski definition) is 0. The quantitative estimate of drug-likeness (QED) is 0.194. The number of aromatic nitrogens is 2. The van der Waals surface area contributed by atoms with Crippen LogP contribution in [0.5, 0.6) is 0 Å². The molecule has 0 fully saturated rings. The molecular formula is C42H30N2S. The highest BCUT2D eigenvalue weighted by atomic mass is 32.1. The van der Waals surface area contributed by atoms with E-state index in [1.807, 2.05) is 11.3 Å². The number of thiophene rings is 1. The Kier molecular flexibility index (Phi) is 6.07. The maximum Gasteiger partial charge on any atom is 0.146 e. The van der Waals surface area contributed by atoms with Gasteiger partial charge < -0.3 is 0 Å².